The molecule has 5 heterocycles. The van der Waals surface area contributed by atoms with Gasteiger partial charge in [0.15, 0.2) is 0 Å². The Bertz CT molecular complexity index is 2180. The van der Waals surface area contributed by atoms with Crippen LogP contribution in [-0.2, 0) is 33.8 Å². The molecule has 2 aliphatic carbocycles. The van der Waals surface area contributed by atoms with E-state index in [1.165, 1.54) is 0 Å². The minimum Gasteiger partial charge on any atom is -0.370 e. The highest BCUT2D eigenvalue weighted by Crippen LogP contribution is 2.56. The van der Waals surface area contributed by atoms with Crippen LogP contribution in [0.4, 0.5) is 5.69 Å². The van der Waals surface area contributed by atoms with E-state index in [1.54, 1.807) is 41.3 Å². The molecule has 4 aromatic heterocycles. The number of fused-ring (bicyclic) bond motifs is 5. The standard InChI is InChI=1S/C33H35N9O3/c1-40-17-20(15-36-40)28-25(18-5-6-22-19(11-18)14-37-42(22)3)26-27-23(16-35-29(26)39-28)41(2)31(45)33(27)10-7-21(12-33)38-30(44)32(8-4-9-32)13-24(34)43/h5-6,11,14-17,21H,4,7-10,12-13H2,1-3H3,(H2,34,43)(H,35,39)(H,38,44)/t21-,33-/m1/s1/i3D3. The molecule has 2 atom stereocenters. The molecule has 0 saturated heterocycles. The minimum absolute atomic E-state index is 0.0208. The number of nitrogens with one attached hydrogen (secondary N) is 2. The molecular formula is C33H35N9O3. The molecule has 1 aromatic carbocycles. The molecule has 3 amide bonds. The van der Waals surface area contributed by atoms with Crippen molar-refractivity contribution in [2.24, 2.45) is 25.2 Å². The number of hydrogen-bond acceptors (Lipinski definition) is 6. The van der Waals surface area contributed by atoms with Crippen LogP contribution in [0, 0.1) is 5.41 Å². The lowest BCUT2D eigenvalue weighted by Gasteiger charge is -2.40. The van der Waals surface area contributed by atoms with E-state index in [4.69, 9.17) is 14.8 Å². The van der Waals surface area contributed by atoms with Crippen molar-refractivity contribution in [3.8, 4) is 22.4 Å². The van der Waals surface area contributed by atoms with Gasteiger partial charge in [0.1, 0.15) is 5.65 Å². The number of nitrogens with zero attached hydrogens (tertiary/aromatic N) is 6. The summed E-state index contributed by atoms with van der Waals surface area (Å²) in [5.41, 5.74) is 9.66. The SMILES string of the molecule is [2H]C([2H])([2H])n1ncc2cc(-c3c(-c4cnn(C)c4)[nH]c4ncc5c(c34)[C@]3(CC[C@@H](NC(=O)C4(CC(N)=O)CCC4)C3)C(=O)N5C)ccc21. The van der Waals surface area contributed by atoms with E-state index in [-0.39, 0.29) is 24.3 Å². The van der Waals surface area contributed by atoms with Crippen LogP contribution in [0.15, 0.2) is 43.0 Å². The number of likely N-dealkylation sites (N-methyl/N-ethyl adjacent to an activating group) is 1. The number of anilines is 1. The van der Waals surface area contributed by atoms with Crippen LogP contribution in [0.3, 0.4) is 0 Å². The van der Waals surface area contributed by atoms with Gasteiger partial charge in [-0.25, -0.2) is 4.98 Å². The molecular weight excluding hydrogens is 570 g/mol. The number of aryl methyl sites for hydroxylation is 2. The lowest BCUT2D eigenvalue weighted by atomic mass is 9.65. The highest BCUT2D eigenvalue weighted by molar-refractivity contribution is 6.16. The van der Waals surface area contributed by atoms with E-state index in [9.17, 15) is 14.4 Å². The molecule has 0 unspecified atom stereocenters. The first kappa shape index (κ1) is 24.3. The Hall–Kier alpha value is -5.00. The Labute approximate surface area is 263 Å². The number of aromatic nitrogens is 6. The van der Waals surface area contributed by atoms with Gasteiger partial charge >= 0.3 is 0 Å². The average Bonchev–Trinajstić information content (AvgIpc) is 3.83. The molecule has 4 N–H and O–H groups in total. The maximum absolute atomic E-state index is 14.3. The molecule has 0 bridgehead atoms. The summed E-state index contributed by atoms with van der Waals surface area (Å²) in [6, 6.07) is 5.27. The Morgan fingerprint density at radius 3 is 2.71 bits per heavy atom. The summed E-state index contributed by atoms with van der Waals surface area (Å²) < 4.78 is 26.4. The Morgan fingerprint density at radius 2 is 2.00 bits per heavy atom. The van der Waals surface area contributed by atoms with E-state index in [1.807, 2.05) is 25.4 Å². The summed E-state index contributed by atoms with van der Waals surface area (Å²) in [5, 5.41) is 13.2. The number of pyridine rings is 1. The van der Waals surface area contributed by atoms with Crippen molar-refractivity contribution in [3.05, 3.63) is 48.5 Å². The van der Waals surface area contributed by atoms with Gasteiger partial charge in [-0.05, 0) is 49.8 Å². The van der Waals surface area contributed by atoms with Gasteiger partial charge in [0, 0.05) is 71.3 Å². The highest BCUT2D eigenvalue weighted by Gasteiger charge is 2.56. The number of carbonyl (C=O) groups is 3. The lowest BCUT2D eigenvalue weighted by Crippen LogP contribution is -2.50. The molecule has 12 heteroatoms. The zero-order valence-electron chi connectivity index (χ0n) is 28.1. The zero-order valence-corrected chi connectivity index (χ0v) is 25.1. The predicted octanol–water partition coefficient (Wildman–Crippen LogP) is 3.45. The zero-order chi connectivity index (χ0) is 33.7. The second-order valence-corrected chi connectivity index (χ2v) is 13.0. The number of rotatable bonds is 6. The number of H-pyrrole nitrogens is 1. The second kappa shape index (κ2) is 9.50. The third-order valence-electron chi connectivity index (χ3n) is 10.4. The molecule has 2 saturated carbocycles. The van der Waals surface area contributed by atoms with Gasteiger partial charge in [-0.2, -0.15) is 10.2 Å². The van der Waals surface area contributed by atoms with E-state index < -0.39 is 23.7 Å². The molecule has 8 rings (SSSR count). The van der Waals surface area contributed by atoms with Gasteiger partial charge in [-0.1, -0.05) is 12.5 Å². The van der Waals surface area contributed by atoms with E-state index >= 15 is 0 Å². The summed E-state index contributed by atoms with van der Waals surface area (Å²) in [6.45, 7) is -2.43. The lowest BCUT2D eigenvalue weighted by molar-refractivity contribution is -0.141. The number of nitrogens with two attached hydrogens (primary N) is 1. The number of amides is 3. The molecule has 5 aromatic rings. The van der Waals surface area contributed by atoms with Crippen molar-refractivity contribution < 1.29 is 18.5 Å². The van der Waals surface area contributed by atoms with Crippen LogP contribution in [0.1, 0.15) is 54.6 Å². The smallest absolute Gasteiger partial charge is 0.237 e. The fraction of sp³-hybridized carbons (Fsp3) is 0.394. The van der Waals surface area contributed by atoms with Gasteiger partial charge < -0.3 is 20.9 Å². The quantitative estimate of drug-likeness (QED) is 0.268. The third-order valence-corrected chi connectivity index (χ3v) is 10.4. The van der Waals surface area contributed by atoms with Crippen molar-refractivity contribution in [1.29, 1.82) is 0 Å². The van der Waals surface area contributed by atoms with Gasteiger partial charge in [0.05, 0.1) is 46.3 Å². The van der Waals surface area contributed by atoms with Gasteiger partial charge in [0.2, 0.25) is 17.7 Å². The van der Waals surface area contributed by atoms with Crippen LogP contribution in [0.25, 0.3) is 44.3 Å². The monoisotopic (exact) mass is 608 g/mol. The summed E-state index contributed by atoms with van der Waals surface area (Å²) in [5.74, 6) is -0.707. The number of aromatic amines is 1. The van der Waals surface area contributed by atoms with Crippen LogP contribution in [0.2, 0.25) is 0 Å². The van der Waals surface area contributed by atoms with Crippen LogP contribution in [0.5, 0.6) is 0 Å². The predicted molar refractivity (Wildman–Crippen MR) is 169 cm³/mol. The summed E-state index contributed by atoms with van der Waals surface area (Å²) in [7, 11) is 3.60. The number of primary amides is 1. The summed E-state index contributed by atoms with van der Waals surface area (Å²) in [4.78, 5) is 49.6. The van der Waals surface area contributed by atoms with Crippen molar-refractivity contribution in [2.45, 2.75) is 56.4 Å². The topological polar surface area (TPSA) is 157 Å². The third kappa shape index (κ3) is 3.90. The number of hydrogen-bond donors (Lipinski definition) is 3. The largest absolute Gasteiger partial charge is 0.370 e. The van der Waals surface area contributed by atoms with Crippen molar-refractivity contribution in [2.75, 3.05) is 11.9 Å². The maximum Gasteiger partial charge on any atom is 0.237 e. The maximum atomic E-state index is 14.3. The molecule has 1 spiro atoms. The Balaban J connectivity index is 1.28. The number of carbonyl (C=O) groups excluding carboxylic acids is 3. The second-order valence-electron chi connectivity index (χ2n) is 13.0. The van der Waals surface area contributed by atoms with Gasteiger partial charge in [-0.3, -0.25) is 23.7 Å². The first-order valence-electron chi connectivity index (χ1n) is 16.7. The highest BCUT2D eigenvalue weighted by atomic mass is 16.2. The molecule has 230 valence electrons. The van der Waals surface area contributed by atoms with Crippen LogP contribution < -0.4 is 16.0 Å². The van der Waals surface area contributed by atoms with E-state index in [0.717, 1.165) is 44.4 Å². The van der Waals surface area contributed by atoms with Crippen LogP contribution >= 0.6 is 0 Å². The molecule has 3 aliphatic rings. The van der Waals surface area contributed by atoms with E-state index in [0.29, 0.717) is 54.3 Å². The summed E-state index contributed by atoms with van der Waals surface area (Å²) >= 11 is 0. The number of benzene rings is 1. The first-order valence-corrected chi connectivity index (χ1v) is 15.2. The normalized spacial score (nSPS) is 23.2. The van der Waals surface area contributed by atoms with Crippen molar-refractivity contribution in [1.82, 2.24) is 34.8 Å². The average molecular weight is 609 g/mol. The Morgan fingerprint density at radius 1 is 1.16 bits per heavy atom. The fourth-order valence-electron chi connectivity index (χ4n) is 8.01. The summed E-state index contributed by atoms with van der Waals surface area (Å²) in [6.07, 6.45) is 10.6. The molecule has 1 aliphatic heterocycles. The Kier molecular flexibility index (Phi) is 5.14. The first-order chi connectivity index (χ1) is 22.8. The molecule has 12 nitrogen and oxygen atoms in total. The van der Waals surface area contributed by atoms with Gasteiger partial charge in [0.25, 0.3) is 0 Å². The van der Waals surface area contributed by atoms with Crippen LogP contribution in [-0.4, -0.2) is 60.3 Å². The van der Waals surface area contributed by atoms with E-state index in [2.05, 4.69) is 20.5 Å². The fourth-order valence-corrected chi connectivity index (χ4v) is 8.01. The molecule has 2 fully saturated rings. The minimum atomic E-state index is -2.43. The van der Waals surface area contributed by atoms with Crippen molar-refractivity contribution in [3.63, 3.8) is 0 Å². The molecule has 0 radical (unpaired) electrons. The molecule has 45 heavy (non-hydrogen) atoms. The van der Waals surface area contributed by atoms with Crippen molar-refractivity contribution >= 4 is 45.3 Å². The van der Waals surface area contributed by atoms with Gasteiger partial charge in [-0.15, -0.1) is 0 Å².